The Labute approximate surface area is 108 Å². The molecule has 18 heavy (non-hydrogen) atoms. The molecule has 0 saturated carbocycles. The third-order valence-electron chi connectivity index (χ3n) is 3.11. The molecule has 0 amide bonds. The topological polar surface area (TPSA) is 8.81 Å². The Bertz CT molecular complexity index is 596. The predicted octanol–water partition coefficient (Wildman–Crippen LogP) is 3.04. The Morgan fingerprint density at radius 3 is 2.39 bits per heavy atom. The standard InChI is InChI=1S/C16H19N2/c1-14-10-6-7-11-16(14)18-13-9-5-4-8-12-17(3)15(18)2/h4-13H,1-3H3/q+1. The van der Waals surface area contributed by atoms with E-state index in [9.17, 15) is 0 Å². The molecule has 2 nitrogen and oxygen atoms in total. The van der Waals surface area contributed by atoms with Crippen LogP contribution in [0.2, 0.25) is 0 Å². The lowest BCUT2D eigenvalue weighted by atomic mass is 10.2. The Morgan fingerprint density at radius 2 is 1.61 bits per heavy atom. The summed E-state index contributed by atoms with van der Waals surface area (Å²) >= 11 is 0. The number of rotatable bonds is 1. The Kier molecular flexibility index (Phi) is 3.78. The second-order valence-corrected chi connectivity index (χ2v) is 4.38. The van der Waals surface area contributed by atoms with Crippen LogP contribution in [0.5, 0.6) is 0 Å². The van der Waals surface area contributed by atoms with Gasteiger partial charge in [-0.2, -0.15) is 0 Å². The van der Waals surface area contributed by atoms with Gasteiger partial charge in [-0.1, -0.05) is 30.3 Å². The zero-order valence-corrected chi connectivity index (χ0v) is 11.2. The molecule has 0 fully saturated rings. The van der Waals surface area contributed by atoms with Crippen LogP contribution in [-0.4, -0.2) is 4.57 Å². The number of nitrogens with zero attached hydrogens (tertiary/aromatic N) is 2. The Morgan fingerprint density at radius 1 is 0.889 bits per heavy atom. The molecular formula is C16H19N2+. The summed E-state index contributed by atoms with van der Waals surface area (Å²) < 4.78 is 4.32. The van der Waals surface area contributed by atoms with Crippen LogP contribution >= 0.6 is 0 Å². The van der Waals surface area contributed by atoms with Gasteiger partial charge < -0.3 is 0 Å². The third-order valence-corrected chi connectivity index (χ3v) is 3.11. The van der Waals surface area contributed by atoms with E-state index in [0.717, 1.165) is 0 Å². The van der Waals surface area contributed by atoms with Gasteiger partial charge in [0.05, 0.1) is 19.4 Å². The number of para-hydroxylation sites is 1. The minimum absolute atomic E-state index is 1.17. The van der Waals surface area contributed by atoms with E-state index in [-0.39, 0.29) is 0 Å². The van der Waals surface area contributed by atoms with Crippen LogP contribution in [-0.2, 0) is 7.05 Å². The summed E-state index contributed by atoms with van der Waals surface area (Å²) in [5, 5.41) is 0. The molecule has 92 valence electrons. The van der Waals surface area contributed by atoms with Crippen LogP contribution in [0, 0.1) is 13.8 Å². The van der Waals surface area contributed by atoms with E-state index in [1.165, 1.54) is 17.1 Å². The van der Waals surface area contributed by atoms with Crippen molar-refractivity contribution >= 4 is 0 Å². The summed E-state index contributed by atoms with van der Waals surface area (Å²) in [6, 6.07) is 16.6. The lowest BCUT2D eigenvalue weighted by Gasteiger charge is -2.05. The number of hydrogen-bond acceptors (Lipinski definition) is 0. The summed E-state index contributed by atoms with van der Waals surface area (Å²) in [5.41, 5.74) is 2.48. The molecule has 0 atom stereocenters. The van der Waals surface area contributed by atoms with Crippen LogP contribution in [0.25, 0.3) is 5.69 Å². The van der Waals surface area contributed by atoms with E-state index >= 15 is 0 Å². The van der Waals surface area contributed by atoms with Gasteiger partial charge in [0.2, 0.25) is 0 Å². The molecule has 2 heteroatoms. The van der Waals surface area contributed by atoms with Gasteiger partial charge in [0.15, 0.2) is 0 Å². The highest BCUT2D eigenvalue weighted by atomic mass is 15.1. The van der Waals surface area contributed by atoms with Gasteiger partial charge in [-0.15, -0.1) is 0 Å². The van der Waals surface area contributed by atoms with Crippen molar-refractivity contribution in [3.63, 3.8) is 0 Å². The second kappa shape index (κ2) is 5.50. The van der Waals surface area contributed by atoms with Gasteiger partial charge in [-0.3, -0.25) is 0 Å². The zero-order chi connectivity index (χ0) is 13.0. The summed E-state index contributed by atoms with van der Waals surface area (Å²) in [4.78, 5) is 0. The largest absolute Gasteiger partial charge is 0.257 e. The number of aromatic nitrogens is 2. The number of hydrogen-bond donors (Lipinski definition) is 0. The summed E-state index contributed by atoms with van der Waals surface area (Å²) in [6.07, 6.45) is 4.15. The van der Waals surface area contributed by atoms with E-state index in [0.29, 0.717) is 0 Å². The maximum Gasteiger partial charge on any atom is 0.257 e. The van der Waals surface area contributed by atoms with Crippen LogP contribution < -0.4 is 4.57 Å². The van der Waals surface area contributed by atoms with E-state index in [1.54, 1.807) is 0 Å². The highest BCUT2D eigenvalue weighted by Gasteiger charge is 2.08. The zero-order valence-electron chi connectivity index (χ0n) is 11.2. The lowest BCUT2D eigenvalue weighted by Crippen LogP contribution is -2.33. The van der Waals surface area contributed by atoms with Crippen LogP contribution in [0.4, 0.5) is 0 Å². The van der Waals surface area contributed by atoms with Crippen molar-refractivity contribution in [2.75, 3.05) is 0 Å². The first-order chi connectivity index (χ1) is 8.70. The molecule has 1 aromatic heterocycles. The van der Waals surface area contributed by atoms with Crippen LogP contribution in [0.15, 0.2) is 60.9 Å². The summed E-state index contributed by atoms with van der Waals surface area (Å²) in [6.45, 7) is 4.25. The van der Waals surface area contributed by atoms with Gasteiger partial charge in [0.1, 0.15) is 5.69 Å². The Hall–Kier alpha value is -2.09. The van der Waals surface area contributed by atoms with Crippen molar-refractivity contribution in [2.45, 2.75) is 13.8 Å². The quantitative estimate of drug-likeness (QED) is 0.676. The lowest BCUT2D eigenvalue weighted by molar-refractivity contribution is -0.681. The highest BCUT2D eigenvalue weighted by Crippen LogP contribution is 2.12. The minimum Gasteiger partial charge on any atom is -0.241 e. The molecular weight excluding hydrogens is 220 g/mol. The number of benzene rings is 1. The molecule has 1 aromatic carbocycles. The smallest absolute Gasteiger partial charge is 0.241 e. The molecule has 0 aliphatic carbocycles. The SMILES string of the molecule is Cc1ccccc1-n1cccccc[n+](C)c1C. The van der Waals surface area contributed by atoms with Crippen molar-refractivity contribution < 1.29 is 4.57 Å². The fourth-order valence-electron chi connectivity index (χ4n) is 1.92. The molecule has 0 N–H and O–H groups in total. The molecule has 0 radical (unpaired) electrons. The van der Waals surface area contributed by atoms with Crippen molar-refractivity contribution in [1.82, 2.24) is 4.57 Å². The second-order valence-electron chi connectivity index (χ2n) is 4.38. The molecule has 2 aromatic rings. The third kappa shape index (κ3) is 2.59. The monoisotopic (exact) mass is 239 g/mol. The van der Waals surface area contributed by atoms with E-state index in [1.807, 2.05) is 18.2 Å². The van der Waals surface area contributed by atoms with Gasteiger partial charge in [-0.25, -0.2) is 9.13 Å². The van der Waals surface area contributed by atoms with Crippen LogP contribution in [0.1, 0.15) is 11.4 Å². The van der Waals surface area contributed by atoms with Gasteiger partial charge >= 0.3 is 0 Å². The normalized spacial score (nSPS) is 9.94. The molecule has 0 spiro atoms. The van der Waals surface area contributed by atoms with E-state index in [4.69, 9.17) is 0 Å². The fraction of sp³-hybridized carbons (Fsp3) is 0.188. The minimum atomic E-state index is 1.17. The van der Waals surface area contributed by atoms with Gasteiger partial charge in [-0.05, 0) is 30.7 Å². The highest BCUT2D eigenvalue weighted by molar-refractivity contribution is 5.40. The van der Waals surface area contributed by atoms with Gasteiger partial charge in [0, 0.05) is 6.92 Å². The van der Waals surface area contributed by atoms with Crippen molar-refractivity contribution in [1.29, 1.82) is 0 Å². The average Bonchev–Trinajstić information content (AvgIpc) is 2.44. The van der Waals surface area contributed by atoms with Crippen molar-refractivity contribution in [3.05, 3.63) is 72.3 Å². The predicted molar refractivity (Wildman–Crippen MR) is 74.0 cm³/mol. The molecule has 0 aliphatic heterocycles. The van der Waals surface area contributed by atoms with E-state index < -0.39 is 0 Å². The molecule has 1 heterocycles. The summed E-state index contributed by atoms with van der Waals surface area (Å²) in [5.74, 6) is 1.17. The fourth-order valence-corrected chi connectivity index (χ4v) is 1.92. The molecule has 0 bridgehead atoms. The average molecular weight is 239 g/mol. The molecule has 0 saturated heterocycles. The molecule has 0 aliphatic rings. The first-order valence-electron chi connectivity index (χ1n) is 6.13. The molecule has 0 unspecified atom stereocenters. The summed E-state index contributed by atoms with van der Waals surface area (Å²) in [7, 11) is 2.06. The first-order valence-corrected chi connectivity index (χ1v) is 6.13. The van der Waals surface area contributed by atoms with Crippen LogP contribution in [0.3, 0.4) is 0 Å². The van der Waals surface area contributed by atoms with Crippen molar-refractivity contribution in [3.8, 4) is 5.69 Å². The first kappa shape index (κ1) is 12.4. The van der Waals surface area contributed by atoms with Crippen molar-refractivity contribution in [2.24, 2.45) is 7.05 Å². The maximum absolute atomic E-state index is 2.20. The van der Waals surface area contributed by atoms with Gasteiger partial charge in [0.25, 0.3) is 5.82 Å². The maximum atomic E-state index is 2.20. The molecule has 2 rings (SSSR count). The number of aryl methyl sites for hydroxylation is 2. The van der Waals surface area contributed by atoms with E-state index in [2.05, 4.69) is 72.8 Å². The Balaban J connectivity index is 2.77.